The number of hydrogen-bond donors (Lipinski definition) is 0. The summed E-state index contributed by atoms with van der Waals surface area (Å²) in [7, 11) is -3.20. The second-order valence-electron chi connectivity index (χ2n) is 7.57. The lowest BCUT2D eigenvalue weighted by molar-refractivity contribution is 0.124. The van der Waals surface area contributed by atoms with Crippen LogP contribution in [0.1, 0.15) is 39.5 Å². The van der Waals surface area contributed by atoms with Gasteiger partial charge in [0.15, 0.2) is 0 Å². The highest BCUT2D eigenvalue weighted by Crippen LogP contribution is 2.70. The molecule has 0 aromatic heterocycles. The molecular formula is C17H23NO2S. The minimum atomic E-state index is -3.20. The fourth-order valence-electron chi connectivity index (χ4n) is 5.34. The van der Waals surface area contributed by atoms with Crippen LogP contribution in [0.4, 0.5) is 0 Å². The summed E-state index contributed by atoms with van der Waals surface area (Å²) in [4.78, 5) is 0. The molecule has 1 aliphatic heterocycles. The minimum absolute atomic E-state index is 0.0405. The van der Waals surface area contributed by atoms with Crippen molar-refractivity contribution in [2.24, 2.45) is 16.7 Å². The van der Waals surface area contributed by atoms with Crippen molar-refractivity contribution in [1.82, 2.24) is 4.31 Å². The Morgan fingerprint density at radius 2 is 2.10 bits per heavy atom. The molecule has 4 rings (SSSR count). The molecule has 4 aliphatic rings. The van der Waals surface area contributed by atoms with Crippen LogP contribution in [-0.2, 0) is 10.0 Å². The van der Waals surface area contributed by atoms with Crippen LogP contribution in [0.2, 0.25) is 0 Å². The fraction of sp³-hybridized carbons (Fsp3) is 0.647. The third-order valence-electron chi connectivity index (χ3n) is 6.63. The van der Waals surface area contributed by atoms with Crippen LogP contribution in [0, 0.1) is 16.7 Å². The van der Waals surface area contributed by atoms with Gasteiger partial charge in [0.1, 0.15) is 0 Å². The lowest BCUT2D eigenvalue weighted by Crippen LogP contribution is -2.41. The van der Waals surface area contributed by atoms with Crippen LogP contribution in [-0.4, -0.2) is 24.5 Å². The Balaban J connectivity index is 1.83. The molecule has 2 saturated carbocycles. The third kappa shape index (κ3) is 1.57. The van der Waals surface area contributed by atoms with Crippen molar-refractivity contribution >= 4 is 10.0 Å². The van der Waals surface area contributed by atoms with E-state index in [4.69, 9.17) is 0 Å². The average molecular weight is 305 g/mol. The zero-order valence-electron chi connectivity index (χ0n) is 12.7. The number of allylic oxidation sites excluding steroid dienone is 5. The molecule has 0 radical (unpaired) electrons. The predicted molar refractivity (Wildman–Crippen MR) is 83.9 cm³/mol. The molecule has 0 amide bonds. The van der Waals surface area contributed by atoms with E-state index in [9.17, 15) is 8.42 Å². The summed E-state index contributed by atoms with van der Waals surface area (Å²) in [6, 6.07) is 0.165. The number of nitrogens with zero attached hydrogens (tertiary/aromatic N) is 1. The second kappa shape index (κ2) is 4.03. The Morgan fingerprint density at radius 1 is 1.29 bits per heavy atom. The van der Waals surface area contributed by atoms with Gasteiger partial charge in [-0.25, -0.2) is 8.42 Å². The van der Waals surface area contributed by atoms with Crippen molar-refractivity contribution in [3.63, 3.8) is 0 Å². The van der Waals surface area contributed by atoms with E-state index >= 15 is 0 Å². The van der Waals surface area contributed by atoms with Crippen LogP contribution < -0.4 is 0 Å². The van der Waals surface area contributed by atoms with Gasteiger partial charge in [-0.2, -0.15) is 0 Å². The van der Waals surface area contributed by atoms with E-state index < -0.39 is 10.0 Å². The molecule has 3 atom stereocenters. The Hall–Kier alpha value is -1.03. The van der Waals surface area contributed by atoms with E-state index in [2.05, 4.69) is 19.9 Å². The highest BCUT2D eigenvalue weighted by atomic mass is 32.2. The first-order valence-corrected chi connectivity index (χ1v) is 9.55. The second-order valence-corrected chi connectivity index (χ2v) is 9.42. The van der Waals surface area contributed by atoms with E-state index in [1.54, 1.807) is 4.31 Å². The lowest BCUT2D eigenvalue weighted by atomic mass is 9.69. The smallest absolute Gasteiger partial charge is 0.236 e. The molecule has 4 heteroatoms. The number of fused-ring (bicyclic) bond motifs is 1. The molecule has 1 heterocycles. The molecule has 3 aliphatic carbocycles. The highest BCUT2D eigenvalue weighted by molar-refractivity contribution is 7.89. The maximum atomic E-state index is 12.9. The van der Waals surface area contributed by atoms with E-state index in [-0.39, 0.29) is 16.9 Å². The average Bonchev–Trinajstić information content (AvgIpc) is 2.74. The standard InChI is InChI=1S/C17H23NO2S/c1-16(2)13-9-10-17(16)12-21(19,20)18(15(17)11-13)14-7-5-3-4-6-8-14/h3,5-8,13,15H,4,9-12H2,1-2H3. The number of sulfonamides is 1. The number of hydrogen-bond acceptors (Lipinski definition) is 2. The van der Waals surface area contributed by atoms with E-state index in [0.717, 1.165) is 25.0 Å². The van der Waals surface area contributed by atoms with Gasteiger partial charge in [-0.1, -0.05) is 32.1 Å². The lowest BCUT2D eigenvalue weighted by Gasteiger charge is -2.37. The normalized spacial score (nSPS) is 42.0. The van der Waals surface area contributed by atoms with Crippen molar-refractivity contribution in [3.8, 4) is 0 Å². The monoisotopic (exact) mass is 305 g/mol. The molecule has 2 bridgehead atoms. The van der Waals surface area contributed by atoms with Gasteiger partial charge in [-0.05, 0) is 49.2 Å². The van der Waals surface area contributed by atoms with Crippen LogP contribution >= 0.6 is 0 Å². The predicted octanol–water partition coefficient (Wildman–Crippen LogP) is 3.23. The van der Waals surface area contributed by atoms with Gasteiger partial charge in [-0.15, -0.1) is 0 Å². The molecule has 21 heavy (non-hydrogen) atoms. The molecule has 1 saturated heterocycles. The molecule has 0 N–H and O–H groups in total. The van der Waals surface area contributed by atoms with Crippen molar-refractivity contribution in [2.45, 2.75) is 45.6 Å². The van der Waals surface area contributed by atoms with Gasteiger partial charge in [-0.3, -0.25) is 4.31 Å². The summed E-state index contributed by atoms with van der Waals surface area (Å²) in [5, 5.41) is 0. The topological polar surface area (TPSA) is 37.4 Å². The number of rotatable bonds is 1. The fourth-order valence-corrected chi connectivity index (χ4v) is 7.96. The maximum absolute atomic E-state index is 12.9. The molecular weight excluding hydrogens is 282 g/mol. The first kappa shape index (κ1) is 13.6. The summed E-state index contributed by atoms with van der Waals surface area (Å²) in [6.07, 6.45) is 14.2. The highest BCUT2D eigenvalue weighted by Gasteiger charge is 2.71. The van der Waals surface area contributed by atoms with Gasteiger partial charge in [0, 0.05) is 5.41 Å². The largest absolute Gasteiger partial charge is 0.267 e. The van der Waals surface area contributed by atoms with Gasteiger partial charge in [0.25, 0.3) is 0 Å². The first-order valence-electron chi connectivity index (χ1n) is 7.94. The minimum Gasteiger partial charge on any atom is -0.267 e. The van der Waals surface area contributed by atoms with E-state index in [0.29, 0.717) is 11.7 Å². The summed E-state index contributed by atoms with van der Waals surface area (Å²) in [5.74, 6) is 1.01. The first-order chi connectivity index (χ1) is 9.88. The Labute approximate surface area is 127 Å². The molecule has 0 aromatic carbocycles. The molecule has 1 spiro atoms. The van der Waals surface area contributed by atoms with Crippen LogP contribution in [0.15, 0.2) is 36.1 Å². The van der Waals surface area contributed by atoms with Crippen LogP contribution in [0.25, 0.3) is 0 Å². The summed E-state index contributed by atoms with van der Waals surface area (Å²) < 4.78 is 27.5. The summed E-state index contributed by atoms with van der Waals surface area (Å²) in [6.45, 7) is 4.59. The van der Waals surface area contributed by atoms with Crippen LogP contribution in [0.3, 0.4) is 0 Å². The molecule has 3 unspecified atom stereocenters. The van der Waals surface area contributed by atoms with Crippen molar-refractivity contribution < 1.29 is 8.42 Å². The van der Waals surface area contributed by atoms with E-state index in [1.807, 2.05) is 24.3 Å². The zero-order chi connectivity index (χ0) is 14.9. The third-order valence-corrected chi connectivity index (χ3v) is 8.57. The van der Waals surface area contributed by atoms with Crippen molar-refractivity contribution in [3.05, 3.63) is 36.1 Å². The van der Waals surface area contributed by atoms with Gasteiger partial charge in [0.2, 0.25) is 10.0 Å². The molecule has 3 nitrogen and oxygen atoms in total. The van der Waals surface area contributed by atoms with Crippen LogP contribution in [0.5, 0.6) is 0 Å². The van der Waals surface area contributed by atoms with Gasteiger partial charge >= 0.3 is 0 Å². The van der Waals surface area contributed by atoms with Gasteiger partial charge < -0.3 is 0 Å². The Morgan fingerprint density at radius 3 is 2.86 bits per heavy atom. The molecule has 0 aromatic rings. The summed E-state index contributed by atoms with van der Waals surface area (Å²) in [5.41, 5.74) is 0.958. The van der Waals surface area contributed by atoms with E-state index in [1.165, 1.54) is 6.42 Å². The van der Waals surface area contributed by atoms with Crippen molar-refractivity contribution in [1.29, 1.82) is 0 Å². The quantitative estimate of drug-likeness (QED) is 0.746. The van der Waals surface area contributed by atoms with Gasteiger partial charge in [0.05, 0.1) is 17.5 Å². The molecule has 3 fully saturated rings. The Kier molecular flexibility index (Phi) is 2.62. The zero-order valence-corrected chi connectivity index (χ0v) is 13.6. The molecule has 114 valence electrons. The summed E-state index contributed by atoms with van der Waals surface area (Å²) >= 11 is 0. The van der Waals surface area contributed by atoms with Crippen molar-refractivity contribution in [2.75, 3.05) is 5.75 Å². The Bertz CT molecular complexity index is 671. The SMILES string of the molecule is CC1(C)C2CCC13CS(=O)(=O)N(C1=CC=CCC=C1)C3C2. The maximum Gasteiger partial charge on any atom is 0.236 e.